The number of aryl methyl sites for hydroxylation is 1. The van der Waals surface area contributed by atoms with Crippen molar-refractivity contribution in [2.45, 2.75) is 20.4 Å². The van der Waals surface area contributed by atoms with Crippen LogP contribution in [-0.2, 0) is 6.54 Å². The molecule has 0 radical (unpaired) electrons. The van der Waals surface area contributed by atoms with E-state index in [1.165, 1.54) is 11.1 Å². The van der Waals surface area contributed by atoms with E-state index in [-0.39, 0.29) is 0 Å². The van der Waals surface area contributed by atoms with Gasteiger partial charge in [0.1, 0.15) is 11.5 Å². The van der Waals surface area contributed by atoms with E-state index in [9.17, 15) is 0 Å². The maximum absolute atomic E-state index is 6.01. The van der Waals surface area contributed by atoms with Gasteiger partial charge in [0.25, 0.3) is 0 Å². The van der Waals surface area contributed by atoms with Crippen molar-refractivity contribution in [3.8, 4) is 11.5 Å². The van der Waals surface area contributed by atoms with Gasteiger partial charge in [-0.1, -0.05) is 36.8 Å². The van der Waals surface area contributed by atoms with E-state index < -0.39 is 0 Å². The second-order valence-electron chi connectivity index (χ2n) is 4.42. The highest BCUT2D eigenvalue weighted by Gasteiger charge is 2.07. The van der Waals surface area contributed by atoms with Crippen molar-refractivity contribution >= 4 is 15.9 Å². The Morgan fingerprint density at radius 2 is 1.89 bits per heavy atom. The summed E-state index contributed by atoms with van der Waals surface area (Å²) in [6.45, 7) is 5.96. The van der Waals surface area contributed by atoms with Crippen molar-refractivity contribution in [2.24, 2.45) is 0 Å². The molecule has 3 heteroatoms. The van der Waals surface area contributed by atoms with E-state index in [0.29, 0.717) is 0 Å². The Hall–Kier alpha value is -1.32. The molecule has 0 spiro atoms. The fraction of sp³-hybridized carbons (Fsp3) is 0.250. The van der Waals surface area contributed by atoms with Gasteiger partial charge in [-0.15, -0.1) is 0 Å². The Bertz CT molecular complexity index is 554. The third-order valence-corrected chi connectivity index (χ3v) is 3.49. The van der Waals surface area contributed by atoms with Crippen molar-refractivity contribution in [1.29, 1.82) is 0 Å². The molecule has 100 valence electrons. The Balaban J connectivity index is 2.26. The molecule has 0 fully saturated rings. The second-order valence-corrected chi connectivity index (χ2v) is 5.28. The van der Waals surface area contributed by atoms with Crippen LogP contribution in [0, 0.1) is 6.92 Å². The average molecular weight is 320 g/mol. The molecule has 2 rings (SSSR count). The van der Waals surface area contributed by atoms with Gasteiger partial charge < -0.3 is 10.1 Å². The van der Waals surface area contributed by atoms with Crippen LogP contribution in [0.25, 0.3) is 0 Å². The van der Waals surface area contributed by atoms with E-state index in [4.69, 9.17) is 4.74 Å². The molecule has 0 heterocycles. The Morgan fingerprint density at radius 3 is 2.63 bits per heavy atom. The summed E-state index contributed by atoms with van der Waals surface area (Å²) < 4.78 is 6.97. The summed E-state index contributed by atoms with van der Waals surface area (Å²) in [7, 11) is 0. The summed E-state index contributed by atoms with van der Waals surface area (Å²) in [4.78, 5) is 0. The molecule has 2 nitrogen and oxygen atoms in total. The summed E-state index contributed by atoms with van der Waals surface area (Å²) in [6.07, 6.45) is 0. The first-order chi connectivity index (χ1) is 9.20. The zero-order valence-electron chi connectivity index (χ0n) is 11.2. The summed E-state index contributed by atoms with van der Waals surface area (Å²) in [5, 5.41) is 3.34. The monoisotopic (exact) mass is 319 g/mol. The van der Waals surface area contributed by atoms with Crippen LogP contribution in [0.1, 0.15) is 18.1 Å². The predicted octanol–water partition coefficient (Wildman–Crippen LogP) is 4.66. The molecule has 0 aliphatic carbocycles. The highest BCUT2D eigenvalue weighted by molar-refractivity contribution is 9.10. The first kappa shape index (κ1) is 14.1. The Kier molecular flexibility index (Phi) is 5.00. The molecule has 0 bridgehead atoms. The van der Waals surface area contributed by atoms with Gasteiger partial charge in [-0.25, -0.2) is 0 Å². The van der Waals surface area contributed by atoms with E-state index >= 15 is 0 Å². The van der Waals surface area contributed by atoms with Crippen molar-refractivity contribution in [2.75, 3.05) is 6.54 Å². The molecule has 1 N–H and O–H groups in total. The standard InChI is InChI=1S/C16H18BrNO/c1-3-18-11-13-10-12(2)8-9-15(13)19-16-7-5-4-6-14(16)17/h4-10,18H,3,11H2,1-2H3. The number of halogens is 1. The predicted molar refractivity (Wildman–Crippen MR) is 82.8 cm³/mol. The minimum Gasteiger partial charge on any atom is -0.456 e. The maximum atomic E-state index is 6.01. The first-order valence-electron chi connectivity index (χ1n) is 6.43. The van der Waals surface area contributed by atoms with Crippen LogP contribution >= 0.6 is 15.9 Å². The van der Waals surface area contributed by atoms with E-state index in [0.717, 1.165) is 29.1 Å². The van der Waals surface area contributed by atoms with Gasteiger partial charge in [-0.2, -0.15) is 0 Å². The molecule has 0 saturated carbocycles. The van der Waals surface area contributed by atoms with Crippen LogP contribution in [0.3, 0.4) is 0 Å². The van der Waals surface area contributed by atoms with Crippen LogP contribution in [0.15, 0.2) is 46.9 Å². The third-order valence-electron chi connectivity index (χ3n) is 2.84. The molecule has 0 atom stereocenters. The second kappa shape index (κ2) is 6.73. The Morgan fingerprint density at radius 1 is 1.11 bits per heavy atom. The lowest BCUT2D eigenvalue weighted by Gasteiger charge is -2.13. The van der Waals surface area contributed by atoms with Crippen molar-refractivity contribution in [3.05, 3.63) is 58.1 Å². The molecule has 2 aromatic rings. The topological polar surface area (TPSA) is 21.3 Å². The molecule has 19 heavy (non-hydrogen) atoms. The number of para-hydroxylation sites is 1. The van der Waals surface area contributed by atoms with E-state index in [1.807, 2.05) is 30.3 Å². The molecular weight excluding hydrogens is 302 g/mol. The third kappa shape index (κ3) is 3.82. The first-order valence-corrected chi connectivity index (χ1v) is 7.22. The summed E-state index contributed by atoms with van der Waals surface area (Å²) >= 11 is 3.50. The highest BCUT2D eigenvalue weighted by atomic mass is 79.9. The maximum Gasteiger partial charge on any atom is 0.141 e. The zero-order chi connectivity index (χ0) is 13.7. The lowest BCUT2D eigenvalue weighted by molar-refractivity contribution is 0.470. The normalized spacial score (nSPS) is 10.5. The molecular formula is C16H18BrNO. The average Bonchev–Trinajstić information content (AvgIpc) is 2.41. The molecule has 0 aliphatic heterocycles. The Labute approximate surface area is 122 Å². The van der Waals surface area contributed by atoms with Crippen molar-refractivity contribution in [1.82, 2.24) is 5.32 Å². The summed E-state index contributed by atoms with van der Waals surface area (Å²) in [5.74, 6) is 1.74. The number of hydrogen-bond donors (Lipinski definition) is 1. The van der Waals surface area contributed by atoms with Crippen LogP contribution in [-0.4, -0.2) is 6.54 Å². The largest absolute Gasteiger partial charge is 0.456 e. The van der Waals surface area contributed by atoms with Crippen LogP contribution in [0.4, 0.5) is 0 Å². The van der Waals surface area contributed by atoms with Crippen LogP contribution in [0.5, 0.6) is 11.5 Å². The molecule has 2 aromatic carbocycles. The number of hydrogen-bond acceptors (Lipinski definition) is 2. The lowest BCUT2D eigenvalue weighted by atomic mass is 10.1. The quantitative estimate of drug-likeness (QED) is 0.865. The van der Waals surface area contributed by atoms with Crippen LogP contribution in [0.2, 0.25) is 0 Å². The van der Waals surface area contributed by atoms with Crippen molar-refractivity contribution < 1.29 is 4.74 Å². The number of rotatable bonds is 5. The van der Waals surface area contributed by atoms with Gasteiger partial charge in [0.2, 0.25) is 0 Å². The van der Waals surface area contributed by atoms with E-state index in [2.05, 4.69) is 47.2 Å². The molecule has 0 saturated heterocycles. The molecule has 0 aromatic heterocycles. The van der Waals surface area contributed by atoms with Gasteiger partial charge in [0.15, 0.2) is 0 Å². The van der Waals surface area contributed by atoms with Crippen molar-refractivity contribution in [3.63, 3.8) is 0 Å². The molecule has 0 unspecified atom stereocenters. The van der Waals surface area contributed by atoms with Gasteiger partial charge in [-0.05, 0) is 47.6 Å². The fourth-order valence-corrected chi connectivity index (χ4v) is 2.22. The highest BCUT2D eigenvalue weighted by Crippen LogP contribution is 2.31. The lowest BCUT2D eigenvalue weighted by Crippen LogP contribution is -2.12. The van der Waals surface area contributed by atoms with Gasteiger partial charge >= 0.3 is 0 Å². The minimum atomic E-state index is 0.817. The number of nitrogens with one attached hydrogen (secondary N) is 1. The molecule has 0 aliphatic rings. The van der Waals surface area contributed by atoms with Crippen LogP contribution < -0.4 is 10.1 Å². The van der Waals surface area contributed by atoms with Gasteiger partial charge in [-0.3, -0.25) is 0 Å². The molecule has 0 amide bonds. The number of benzene rings is 2. The number of ether oxygens (including phenoxy) is 1. The fourth-order valence-electron chi connectivity index (χ4n) is 1.85. The van der Waals surface area contributed by atoms with Gasteiger partial charge in [0.05, 0.1) is 4.47 Å². The summed E-state index contributed by atoms with van der Waals surface area (Å²) in [6, 6.07) is 14.1. The SMILES string of the molecule is CCNCc1cc(C)ccc1Oc1ccccc1Br. The smallest absolute Gasteiger partial charge is 0.141 e. The van der Waals surface area contributed by atoms with Gasteiger partial charge in [0, 0.05) is 12.1 Å². The minimum absolute atomic E-state index is 0.817. The summed E-state index contributed by atoms with van der Waals surface area (Å²) in [5.41, 5.74) is 2.42. The zero-order valence-corrected chi connectivity index (χ0v) is 12.8. The van der Waals surface area contributed by atoms with E-state index in [1.54, 1.807) is 0 Å².